The van der Waals surface area contributed by atoms with Crippen LogP contribution in [0.25, 0.3) is 6.08 Å². The maximum absolute atomic E-state index is 13.7. The van der Waals surface area contributed by atoms with Crippen LogP contribution in [0.3, 0.4) is 0 Å². The Balaban J connectivity index is 3.30. The summed E-state index contributed by atoms with van der Waals surface area (Å²) in [5, 5.41) is 5.71. The second kappa shape index (κ2) is 13.8. The number of carbonyl (C=O) groups excluding carboxylic acids is 3. The normalized spacial score (nSPS) is 13.1. The van der Waals surface area contributed by atoms with Gasteiger partial charge in [0.05, 0.1) is 0 Å². The monoisotopic (exact) mass is 473 g/mol. The van der Waals surface area contributed by atoms with Gasteiger partial charge in [0, 0.05) is 13.1 Å². The van der Waals surface area contributed by atoms with Gasteiger partial charge in [0.1, 0.15) is 17.7 Å². The summed E-state index contributed by atoms with van der Waals surface area (Å²) in [5.41, 5.74) is 0.864. The van der Waals surface area contributed by atoms with Crippen LogP contribution in [0.15, 0.2) is 30.8 Å². The number of unbranched alkanes of at least 4 members (excludes halogenated alkanes) is 2. The maximum Gasteiger partial charge on any atom is 0.408 e. The lowest BCUT2D eigenvalue weighted by Crippen LogP contribution is -2.54. The van der Waals surface area contributed by atoms with Gasteiger partial charge in [0.2, 0.25) is 11.8 Å². The van der Waals surface area contributed by atoms with Gasteiger partial charge in [0.25, 0.3) is 0 Å². The van der Waals surface area contributed by atoms with E-state index in [9.17, 15) is 14.4 Å². The molecule has 0 bridgehead atoms. The summed E-state index contributed by atoms with van der Waals surface area (Å²) in [6, 6.07) is 5.77. The first-order valence-electron chi connectivity index (χ1n) is 12.2. The molecule has 0 aliphatic heterocycles. The van der Waals surface area contributed by atoms with E-state index in [0.29, 0.717) is 18.7 Å². The Morgan fingerprint density at radius 3 is 2.35 bits per heavy atom. The van der Waals surface area contributed by atoms with Crippen LogP contribution in [0.2, 0.25) is 0 Å². The van der Waals surface area contributed by atoms with Crippen molar-refractivity contribution in [2.24, 2.45) is 5.92 Å². The third kappa shape index (κ3) is 9.20. The molecule has 2 unspecified atom stereocenters. The average Bonchev–Trinajstić information content (AvgIpc) is 2.76. The van der Waals surface area contributed by atoms with Crippen LogP contribution in [0.4, 0.5) is 4.79 Å². The molecule has 0 spiro atoms. The highest BCUT2D eigenvalue weighted by atomic mass is 16.6. The van der Waals surface area contributed by atoms with Crippen LogP contribution >= 0.6 is 0 Å². The summed E-state index contributed by atoms with van der Waals surface area (Å²) in [7, 11) is 0. The number of hydrogen-bond donors (Lipinski definition) is 2. The smallest absolute Gasteiger partial charge is 0.408 e. The zero-order valence-corrected chi connectivity index (χ0v) is 21.9. The van der Waals surface area contributed by atoms with Gasteiger partial charge in [-0.25, -0.2) is 4.79 Å². The van der Waals surface area contributed by atoms with Gasteiger partial charge in [-0.2, -0.15) is 0 Å². The molecule has 0 aliphatic carbocycles. The Morgan fingerprint density at radius 2 is 1.82 bits per heavy atom. The van der Waals surface area contributed by atoms with Crippen LogP contribution in [0, 0.1) is 5.92 Å². The fourth-order valence-corrected chi connectivity index (χ4v) is 3.60. The third-order valence-electron chi connectivity index (χ3n) is 5.33. The van der Waals surface area contributed by atoms with E-state index in [-0.39, 0.29) is 17.7 Å². The first-order chi connectivity index (χ1) is 15.9. The molecule has 190 valence electrons. The lowest BCUT2D eigenvalue weighted by molar-refractivity contribution is -0.143. The van der Waals surface area contributed by atoms with E-state index in [1.165, 1.54) is 4.90 Å². The van der Waals surface area contributed by atoms with Crippen molar-refractivity contribution >= 4 is 24.0 Å². The second-order valence-electron chi connectivity index (χ2n) is 9.77. The standard InChI is InChI=1S/C27H43N3O4/c1-9-12-13-17-28-24(31)23(21-16-14-15-20(10-2)18-21)30(11-3)25(32)22(19(4)5)29-26(33)34-27(6,7)8/h10,14-16,18-19,22-23H,2,9,11-13,17H2,1,3-8H3,(H,28,31)(H,29,33). The molecule has 1 rings (SSSR count). The SMILES string of the molecule is C=Cc1cccc(C(C(=O)NCCCCC)N(CC)C(=O)C(NC(=O)OC(C)(C)C)C(C)C)c1. The van der Waals surface area contributed by atoms with Gasteiger partial charge in [0.15, 0.2) is 0 Å². The maximum atomic E-state index is 13.7. The van der Waals surface area contributed by atoms with Crippen molar-refractivity contribution in [3.05, 3.63) is 42.0 Å². The molecular weight excluding hydrogens is 430 g/mol. The molecule has 0 saturated carbocycles. The number of benzene rings is 1. The van der Waals surface area contributed by atoms with Gasteiger partial charge in [-0.1, -0.05) is 64.5 Å². The van der Waals surface area contributed by atoms with Gasteiger partial charge in [-0.15, -0.1) is 0 Å². The molecule has 7 heteroatoms. The third-order valence-corrected chi connectivity index (χ3v) is 5.33. The Kier molecular flexibility index (Phi) is 11.8. The van der Waals surface area contributed by atoms with Crippen molar-refractivity contribution in [2.45, 2.75) is 85.4 Å². The number of alkyl carbamates (subject to hydrolysis) is 1. The Hall–Kier alpha value is -2.83. The van der Waals surface area contributed by atoms with E-state index < -0.39 is 23.8 Å². The molecule has 2 atom stereocenters. The summed E-state index contributed by atoms with van der Waals surface area (Å²) >= 11 is 0. The number of nitrogens with zero attached hydrogens (tertiary/aromatic N) is 1. The van der Waals surface area contributed by atoms with E-state index in [1.54, 1.807) is 26.8 Å². The lowest BCUT2D eigenvalue weighted by Gasteiger charge is -2.35. The predicted molar refractivity (Wildman–Crippen MR) is 137 cm³/mol. The van der Waals surface area contributed by atoms with Crippen molar-refractivity contribution < 1.29 is 19.1 Å². The van der Waals surface area contributed by atoms with E-state index >= 15 is 0 Å². The fraction of sp³-hybridized carbons (Fsp3) is 0.593. The summed E-state index contributed by atoms with van der Waals surface area (Å²) in [4.78, 5) is 41.1. The zero-order valence-electron chi connectivity index (χ0n) is 21.9. The van der Waals surface area contributed by atoms with Gasteiger partial charge in [-0.05, 0) is 57.2 Å². The van der Waals surface area contributed by atoms with Crippen LogP contribution in [-0.2, 0) is 14.3 Å². The van der Waals surface area contributed by atoms with Crippen LogP contribution in [0.1, 0.15) is 84.9 Å². The highest BCUT2D eigenvalue weighted by Gasteiger charge is 2.36. The molecule has 1 aromatic rings. The minimum absolute atomic E-state index is 0.207. The van der Waals surface area contributed by atoms with Crippen LogP contribution in [-0.4, -0.2) is 47.5 Å². The molecule has 0 aromatic heterocycles. The summed E-state index contributed by atoms with van der Waals surface area (Å²) in [5.74, 6) is -0.782. The molecule has 34 heavy (non-hydrogen) atoms. The fourth-order valence-electron chi connectivity index (χ4n) is 3.60. The molecule has 0 saturated heterocycles. The Bertz CT molecular complexity index is 829. The summed E-state index contributed by atoms with van der Waals surface area (Å²) in [6.45, 7) is 17.6. The van der Waals surface area contributed by atoms with Crippen molar-refractivity contribution in [3.63, 3.8) is 0 Å². The molecular formula is C27H43N3O4. The van der Waals surface area contributed by atoms with Gasteiger partial charge < -0.3 is 20.3 Å². The highest BCUT2D eigenvalue weighted by molar-refractivity contribution is 5.92. The molecule has 7 nitrogen and oxygen atoms in total. The topological polar surface area (TPSA) is 87.7 Å². The molecule has 0 fully saturated rings. The molecule has 0 heterocycles. The number of hydrogen-bond acceptors (Lipinski definition) is 4. The number of amides is 3. The largest absolute Gasteiger partial charge is 0.444 e. The quantitative estimate of drug-likeness (QED) is 0.415. The van der Waals surface area contributed by atoms with Crippen molar-refractivity contribution in [1.29, 1.82) is 0 Å². The van der Waals surface area contributed by atoms with E-state index in [1.807, 2.05) is 45.0 Å². The van der Waals surface area contributed by atoms with E-state index in [0.717, 1.165) is 24.8 Å². The molecule has 0 aliphatic rings. The molecule has 2 N–H and O–H groups in total. The van der Waals surface area contributed by atoms with Gasteiger partial charge in [-0.3, -0.25) is 9.59 Å². The van der Waals surface area contributed by atoms with Crippen molar-refractivity contribution in [1.82, 2.24) is 15.5 Å². The van der Waals surface area contributed by atoms with E-state index in [2.05, 4.69) is 24.1 Å². The predicted octanol–water partition coefficient (Wildman–Crippen LogP) is 5.07. The second-order valence-corrected chi connectivity index (χ2v) is 9.77. The number of likely N-dealkylation sites (N-methyl/N-ethyl adjacent to an activating group) is 1. The molecule has 0 radical (unpaired) electrons. The number of carbonyl (C=O) groups is 3. The van der Waals surface area contributed by atoms with Crippen LogP contribution < -0.4 is 10.6 Å². The first-order valence-corrected chi connectivity index (χ1v) is 12.2. The lowest BCUT2D eigenvalue weighted by atomic mass is 9.98. The Morgan fingerprint density at radius 1 is 1.15 bits per heavy atom. The summed E-state index contributed by atoms with van der Waals surface area (Å²) < 4.78 is 5.37. The minimum Gasteiger partial charge on any atom is -0.444 e. The van der Waals surface area contributed by atoms with Crippen molar-refractivity contribution in [3.8, 4) is 0 Å². The number of ether oxygens (including phenoxy) is 1. The molecule has 3 amide bonds. The number of rotatable bonds is 12. The Labute approximate surface area is 205 Å². The molecule has 1 aromatic carbocycles. The average molecular weight is 474 g/mol. The van der Waals surface area contributed by atoms with Crippen LogP contribution in [0.5, 0.6) is 0 Å². The summed E-state index contributed by atoms with van der Waals surface area (Å²) in [6.07, 6.45) is 3.98. The van der Waals surface area contributed by atoms with Gasteiger partial charge >= 0.3 is 6.09 Å². The number of nitrogens with one attached hydrogen (secondary N) is 2. The zero-order chi connectivity index (χ0) is 25.9. The minimum atomic E-state index is -0.840. The van der Waals surface area contributed by atoms with Crippen molar-refractivity contribution in [2.75, 3.05) is 13.1 Å². The highest BCUT2D eigenvalue weighted by Crippen LogP contribution is 2.25. The van der Waals surface area contributed by atoms with E-state index in [4.69, 9.17) is 4.74 Å². The first kappa shape index (κ1) is 29.2.